The lowest BCUT2D eigenvalue weighted by Crippen LogP contribution is -2.55. The average molecular weight is 370 g/mol. The predicted molar refractivity (Wildman–Crippen MR) is 82.9 cm³/mol. The van der Waals surface area contributed by atoms with E-state index in [0.717, 1.165) is 6.92 Å². The summed E-state index contributed by atoms with van der Waals surface area (Å²) in [5.41, 5.74) is 0. The number of halogens is 5. The molecule has 0 saturated carbocycles. The Morgan fingerprint density at radius 1 is 1.23 bits per heavy atom. The quantitative estimate of drug-likeness (QED) is 0.713. The number of piperazine rings is 1. The Bertz CT molecular complexity index is 314. The Morgan fingerprint density at radius 3 is 2.23 bits per heavy atom. The third kappa shape index (κ3) is 7.82. The van der Waals surface area contributed by atoms with E-state index in [2.05, 4.69) is 5.32 Å². The Morgan fingerprint density at radius 2 is 1.77 bits per heavy atom. The van der Waals surface area contributed by atoms with Crippen molar-refractivity contribution in [3.63, 3.8) is 0 Å². The van der Waals surface area contributed by atoms with Gasteiger partial charge in [-0.1, -0.05) is 0 Å². The van der Waals surface area contributed by atoms with Gasteiger partial charge in [0.1, 0.15) is 6.04 Å². The van der Waals surface area contributed by atoms with E-state index in [4.69, 9.17) is 4.74 Å². The first kappa shape index (κ1) is 24.0. The monoisotopic (exact) mass is 369 g/mol. The number of nitrogens with one attached hydrogen (secondary N) is 1. The zero-order chi connectivity index (χ0) is 15.2. The molecule has 1 aliphatic rings. The van der Waals surface area contributed by atoms with Crippen molar-refractivity contribution in [1.82, 2.24) is 15.1 Å². The fourth-order valence-corrected chi connectivity index (χ4v) is 2.05. The maximum atomic E-state index is 12.6. The highest BCUT2D eigenvalue weighted by Crippen LogP contribution is 2.25. The normalized spacial score (nSPS) is 17.4. The number of carbonyl (C=O) groups is 1. The minimum absolute atomic E-state index is 0. The lowest BCUT2D eigenvalue weighted by molar-refractivity contribution is -0.182. The number of hydrogen-bond donors (Lipinski definition) is 1. The number of amides is 1. The van der Waals surface area contributed by atoms with Crippen LogP contribution in [0, 0.1) is 0 Å². The molecule has 0 bridgehead atoms. The molecule has 10 heteroatoms. The molecule has 1 fully saturated rings. The fraction of sp³-hybridized carbons (Fsp3) is 0.917. The van der Waals surface area contributed by atoms with Crippen molar-refractivity contribution in [3.8, 4) is 0 Å². The number of nitrogens with zero attached hydrogens (tertiary/aromatic N) is 2. The van der Waals surface area contributed by atoms with Crippen LogP contribution in [0.3, 0.4) is 0 Å². The highest BCUT2D eigenvalue weighted by molar-refractivity contribution is 5.85. The standard InChI is InChI=1S/C12H22F3N3O2.2ClH/c1-10(12(13,14)15)17-4-6-18(7-5-17)11(19)9-16-3-8-20-2;;/h10,16H,3-9H2,1-2H3;2*1H. The van der Waals surface area contributed by atoms with Crippen LogP contribution in [0.5, 0.6) is 0 Å². The van der Waals surface area contributed by atoms with Crippen molar-refractivity contribution in [2.45, 2.75) is 19.1 Å². The number of ether oxygens (including phenoxy) is 1. The number of rotatable bonds is 6. The molecule has 0 aromatic carbocycles. The summed E-state index contributed by atoms with van der Waals surface area (Å²) in [6, 6.07) is -1.46. The molecule has 22 heavy (non-hydrogen) atoms. The van der Waals surface area contributed by atoms with E-state index in [1.54, 1.807) is 12.0 Å². The molecule has 1 saturated heterocycles. The summed E-state index contributed by atoms with van der Waals surface area (Å²) < 4.78 is 42.6. The second kappa shape index (κ2) is 11.3. The van der Waals surface area contributed by atoms with Crippen LogP contribution >= 0.6 is 24.8 Å². The van der Waals surface area contributed by atoms with E-state index in [9.17, 15) is 18.0 Å². The van der Waals surface area contributed by atoms with Crippen LogP contribution in [0.4, 0.5) is 13.2 Å². The fourth-order valence-electron chi connectivity index (χ4n) is 2.05. The van der Waals surface area contributed by atoms with Crippen molar-refractivity contribution >= 4 is 30.7 Å². The van der Waals surface area contributed by atoms with Crippen molar-refractivity contribution in [1.29, 1.82) is 0 Å². The lowest BCUT2D eigenvalue weighted by Gasteiger charge is -2.38. The molecule has 1 aliphatic heterocycles. The summed E-state index contributed by atoms with van der Waals surface area (Å²) in [6.07, 6.45) is -4.21. The second-order valence-corrected chi connectivity index (χ2v) is 4.80. The van der Waals surface area contributed by atoms with E-state index in [0.29, 0.717) is 26.2 Å². The van der Waals surface area contributed by atoms with Gasteiger partial charge < -0.3 is 15.0 Å². The molecule has 1 N–H and O–H groups in total. The van der Waals surface area contributed by atoms with Gasteiger partial charge in [0.2, 0.25) is 5.91 Å². The number of hydrogen-bond acceptors (Lipinski definition) is 4. The Balaban J connectivity index is 0. The van der Waals surface area contributed by atoms with Crippen LogP contribution in [0.15, 0.2) is 0 Å². The first-order valence-electron chi connectivity index (χ1n) is 6.64. The zero-order valence-corrected chi connectivity index (χ0v) is 14.3. The largest absolute Gasteiger partial charge is 0.403 e. The van der Waals surface area contributed by atoms with E-state index >= 15 is 0 Å². The van der Waals surface area contributed by atoms with Crippen LogP contribution < -0.4 is 5.32 Å². The molecule has 5 nitrogen and oxygen atoms in total. The van der Waals surface area contributed by atoms with Gasteiger partial charge in [0.05, 0.1) is 13.2 Å². The summed E-state index contributed by atoms with van der Waals surface area (Å²) in [5, 5.41) is 2.93. The number of alkyl halides is 3. The first-order chi connectivity index (χ1) is 9.36. The summed E-state index contributed by atoms with van der Waals surface area (Å²) in [6.45, 7) is 3.63. The molecule has 1 rings (SSSR count). The molecular formula is C12H24Cl2F3N3O2. The minimum Gasteiger partial charge on any atom is -0.383 e. The first-order valence-corrected chi connectivity index (χ1v) is 6.64. The predicted octanol–water partition coefficient (Wildman–Crippen LogP) is 1.16. The average Bonchev–Trinajstić information content (AvgIpc) is 2.41. The van der Waals surface area contributed by atoms with Crippen molar-refractivity contribution in [2.24, 2.45) is 0 Å². The molecule has 1 unspecified atom stereocenters. The van der Waals surface area contributed by atoms with Gasteiger partial charge in [0.15, 0.2) is 0 Å². The molecule has 1 heterocycles. The van der Waals surface area contributed by atoms with Crippen LogP contribution in [0.1, 0.15) is 6.92 Å². The van der Waals surface area contributed by atoms with Crippen molar-refractivity contribution < 1.29 is 22.7 Å². The molecule has 134 valence electrons. The van der Waals surface area contributed by atoms with Crippen LogP contribution in [0.25, 0.3) is 0 Å². The Kier molecular flexibility index (Phi) is 12.3. The third-order valence-electron chi connectivity index (χ3n) is 3.45. The number of methoxy groups -OCH3 is 1. The molecule has 1 amide bonds. The van der Waals surface area contributed by atoms with Gasteiger partial charge in [-0.05, 0) is 6.92 Å². The van der Waals surface area contributed by atoms with Gasteiger partial charge in [0.25, 0.3) is 0 Å². The van der Waals surface area contributed by atoms with Crippen LogP contribution in [0.2, 0.25) is 0 Å². The molecule has 0 radical (unpaired) electrons. The summed E-state index contributed by atoms with van der Waals surface area (Å²) in [5.74, 6) is -0.0829. The van der Waals surface area contributed by atoms with E-state index in [1.807, 2.05) is 0 Å². The van der Waals surface area contributed by atoms with Gasteiger partial charge in [-0.3, -0.25) is 9.69 Å². The minimum atomic E-state index is -4.21. The molecule has 0 aromatic heterocycles. The van der Waals surface area contributed by atoms with E-state index < -0.39 is 12.2 Å². The van der Waals surface area contributed by atoms with E-state index in [1.165, 1.54) is 4.90 Å². The Hall–Kier alpha value is -0.280. The smallest absolute Gasteiger partial charge is 0.383 e. The highest BCUT2D eigenvalue weighted by atomic mass is 35.5. The second-order valence-electron chi connectivity index (χ2n) is 4.80. The molecule has 0 aromatic rings. The topological polar surface area (TPSA) is 44.8 Å². The molecular weight excluding hydrogens is 346 g/mol. The maximum absolute atomic E-state index is 12.6. The molecule has 1 atom stereocenters. The van der Waals surface area contributed by atoms with Gasteiger partial charge in [-0.25, -0.2) is 0 Å². The Labute approximate surface area is 141 Å². The molecule has 0 spiro atoms. The zero-order valence-electron chi connectivity index (χ0n) is 12.7. The summed E-state index contributed by atoms with van der Waals surface area (Å²) in [4.78, 5) is 14.8. The van der Waals surface area contributed by atoms with Crippen molar-refractivity contribution in [2.75, 3.05) is 53.0 Å². The summed E-state index contributed by atoms with van der Waals surface area (Å²) >= 11 is 0. The van der Waals surface area contributed by atoms with Gasteiger partial charge >= 0.3 is 6.18 Å². The van der Waals surface area contributed by atoms with Gasteiger partial charge in [-0.15, -0.1) is 24.8 Å². The summed E-state index contributed by atoms with van der Waals surface area (Å²) in [7, 11) is 1.57. The highest BCUT2D eigenvalue weighted by Gasteiger charge is 2.41. The van der Waals surface area contributed by atoms with Gasteiger partial charge in [0, 0.05) is 39.8 Å². The lowest BCUT2D eigenvalue weighted by atomic mass is 10.2. The molecule has 0 aliphatic carbocycles. The van der Waals surface area contributed by atoms with Gasteiger partial charge in [-0.2, -0.15) is 13.2 Å². The van der Waals surface area contributed by atoms with Crippen molar-refractivity contribution in [3.05, 3.63) is 0 Å². The van der Waals surface area contributed by atoms with Crippen LogP contribution in [-0.4, -0.2) is 80.9 Å². The van der Waals surface area contributed by atoms with E-state index in [-0.39, 0.29) is 50.4 Å². The maximum Gasteiger partial charge on any atom is 0.403 e. The third-order valence-corrected chi connectivity index (χ3v) is 3.45. The van der Waals surface area contributed by atoms with Crippen LogP contribution in [-0.2, 0) is 9.53 Å². The SMILES string of the molecule is COCCNCC(=O)N1CCN(C(C)C(F)(F)F)CC1.Cl.Cl. The number of carbonyl (C=O) groups excluding carboxylic acids is 1.